The number of fused-ring (bicyclic) bond motifs is 1. The second-order valence-electron chi connectivity index (χ2n) is 6.46. The molecule has 1 amide bonds. The molecule has 0 spiro atoms. The van der Waals surface area contributed by atoms with Crippen molar-refractivity contribution in [3.63, 3.8) is 0 Å². The number of nitrogens with one attached hydrogen (secondary N) is 2. The number of benzene rings is 2. The number of amides is 1. The average molecular weight is 395 g/mol. The van der Waals surface area contributed by atoms with Crippen molar-refractivity contribution in [3.8, 4) is 11.5 Å². The fraction of sp³-hybridized carbons (Fsp3) is 0.150. The van der Waals surface area contributed by atoms with E-state index < -0.39 is 5.92 Å². The second-order valence-corrected chi connectivity index (χ2v) is 7.42. The number of phenolic OH excluding ortho intramolecular Hbond substituents is 2. The third-order valence-corrected chi connectivity index (χ3v) is 5.49. The van der Waals surface area contributed by atoms with E-state index in [2.05, 4.69) is 15.3 Å². The van der Waals surface area contributed by atoms with Crippen LogP contribution in [0.15, 0.2) is 58.5 Å². The van der Waals surface area contributed by atoms with Crippen LogP contribution in [-0.2, 0) is 10.5 Å². The van der Waals surface area contributed by atoms with E-state index in [4.69, 9.17) is 0 Å². The molecule has 0 unspecified atom stereocenters. The van der Waals surface area contributed by atoms with Gasteiger partial charge in [0, 0.05) is 18.1 Å². The van der Waals surface area contributed by atoms with Crippen LogP contribution < -0.4 is 10.9 Å². The molecule has 4 N–H and O–H groups in total. The number of nitrogens with zero attached hydrogens (tertiary/aromatic N) is 1. The zero-order valence-corrected chi connectivity index (χ0v) is 15.5. The minimum absolute atomic E-state index is 0.0540. The summed E-state index contributed by atoms with van der Waals surface area (Å²) in [7, 11) is 0. The highest BCUT2D eigenvalue weighted by Crippen LogP contribution is 2.37. The number of hydrogen-bond donors (Lipinski definition) is 4. The van der Waals surface area contributed by atoms with Crippen LogP contribution in [0.25, 0.3) is 0 Å². The minimum atomic E-state index is -0.556. The Morgan fingerprint density at radius 2 is 1.86 bits per heavy atom. The molecule has 1 aromatic heterocycles. The molecule has 0 aliphatic carbocycles. The monoisotopic (exact) mass is 395 g/mol. The standard InChI is InChI=1S/C20H17N3O4S/c24-14-7-6-12(8-15(14)25)13-9-16(26)21-18-17(13)19(27)23-20(22-18)28-10-11-4-2-1-3-5-11/h1-8,13,24-25H,9-10H2,(H2,21,22,23,26,27)/t13-/m1/s1. The van der Waals surface area contributed by atoms with Gasteiger partial charge < -0.3 is 20.5 Å². The second kappa shape index (κ2) is 7.40. The largest absolute Gasteiger partial charge is 0.504 e. The van der Waals surface area contributed by atoms with Crippen LogP contribution in [0, 0.1) is 0 Å². The number of rotatable bonds is 4. The molecular formula is C20H17N3O4S. The number of phenols is 2. The van der Waals surface area contributed by atoms with Crippen molar-refractivity contribution in [3.05, 3.63) is 75.6 Å². The first kappa shape index (κ1) is 18.1. The highest BCUT2D eigenvalue weighted by atomic mass is 32.2. The molecule has 0 fully saturated rings. The smallest absolute Gasteiger partial charge is 0.257 e. The first-order valence-corrected chi connectivity index (χ1v) is 9.62. The van der Waals surface area contributed by atoms with Gasteiger partial charge >= 0.3 is 0 Å². The summed E-state index contributed by atoms with van der Waals surface area (Å²) < 4.78 is 0. The molecule has 0 saturated carbocycles. The Bertz CT molecular complexity index is 1100. The van der Waals surface area contributed by atoms with E-state index in [1.165, 1.54) is 23.9 Å². The van der Waals surface area contributed by atoms with Crippen molar-refractivity contribution >= 4 is 23.5 Å². The van der Waals surface area contributed by atoms with Gasteiger partial charge in [0.15, 0.2) is 16.7 Å². The Hall–Kier alpha value is -3.26. The fourth-order valence-corrected chi connectivity index (χ4v) is 4.00. The zero-order valence-electron chi connectivity index (χ0n) is 14.7. The number of carbonyl (C=O) groups is 1. The van der Waals surface area contributed by atoms with Crippen LogP contribution in [0.1, 0.15) is 29.0 Å². The highest BCUT2D eigenvalue weighted by Gasteiger charge is 2.31. The van der Waals surface area contributed by atoms with Gasteiger partial charge in [-0.3, -0.25) is 9.59 Å². The van der Waals surface area contributed by atoms with Crippen LogP contribution >= 0.6 is 11.8 Å². The molecule has 4 rings (SSSR count). The Morgan fingerprint density at radius 1 is 1.07 bits per heavy atom. The number of thioether (sulfide) groups is 1. The topological polar surface area (TPSA) is 115 Å². The van der Waals surface area contributed by atoms with Crippen molar-refractivity contribution < 1.29 is 15.0 Å². The van der Waals surface area contributed by atoms with Crippen LogP contribution in [0.5, 0.6) is 11.5 Å². The van der Waals surface area contributed by atoms with Gasteiger partial charge in [0.1, 0.15) is 5.82 Å². The summed E-state index contributed by atoms with van der Waals surface area (Å²) in [5.41, 5.74) is 1.66. The van der Waals surface area contributed by atoms with Crippen LogP contribution in [0.2, 0.25) is 0 Å². The number of carbonyl (C=O) groups excluding carboxylic acids is 1. The molecular weight excluding hydrogens is 378 g/mol. The molecule has 2 heterocycles. The van der Waals surface area contributed by atoms with Crippen molar-refractivity contribution in [1.29, 1.82) is 0 Å². The Balaban J connectivity index is 1.68. The quantitative estimate of drug-likeness (QED) is 0.307. The van der Waals surface area contributed by atoms with Crippen molar-refractivity contribution in [2.75, 3.05) is 5.32 Å². The average Bonchev–Trinajstić information content (AvgIpc) is 2.68. The number of H-pyrrole nitrogens is 1. The van der Waals surface area contributed by atoms with E-state index in [1.54, 1.807) is 6.07 Å². The van der Waals surface area contributed by atoms with E-state index in [0.29, 0.717) is 22.0 Å². The lowest BCUT2D eigenvalue weighted by atomic mass is 9.86. The third kappa shape index (κ3) is 3.59. The van der Waals surface area contributed by atoms with Crippen molar-refractivity contribution in [2.45, 2.75) is 23.2 Å². The molecule has 0 saturated heterocycles. The van der Waals surface area contributed by atoms with Gasteiger partial charge in [0.25, 0.3) is 5.56 Å². The fourth-order valence-electron chi connectivity index (χ4n) is 3.19. The summed E-state index contributed by atoms with van der Waals surface area (Å²) in [6.07, 6.45) is 0.0540. The number of aromatic hydroxyl groups is 2. The normalized spacial score (nSPS) is 15.7. The molecule has 1 aliphatic rings. The minimum Gasteiger partial charge on any atom is -0.504 e. The van der Waals surface area contributed by atoms with Crippen molar-refractivity contribution in [2.24, 2.45) is 0 Å². The van der Waals surface area contributed by atoms with Crippen LogP contribution in [0.4, 0.5) is 5.82 Å². The maximum Gasteiger partial charge on any atom is 0.257 e. The van der Waals surface area contributed by atoms with E-state index in [9.17, 15) is 19.8 Å². The number of hydrogen-bond acceptors (Lipinski definition) is 6. The molecule has 3 aromatic rings. The first-order chi connectivity index (χ1) is 13.5. The maximum absolute atomic E-state index is 12.8. The lowest BCUT2D eigenvalue weighted by Crippen LogP contribution is -2.31. The van der Waals surface area contributed by atoms with Gasteiger partial charge in [-0.15, -0.1) is 0 Å². The summed E-state index contributed by atoms with van der Waals surface area (Å²) >= 11 is 1.37. The van der Waals surface area contributed by atoms with Gasteiger partial charge in [0.05, 0.1) is 5.56 Å². The SMILES string of the molecule is O=C1C[C@H](c2ccc(O)c(O)c2)c2c(nc(SCc3ccccc3)[nH]c2=O)N1. The summed E-state index contributed by atoms with van der Waals surface area (Å²) in [6.45, 7) is 0. The molecule has 2 aromatic carbocycles. The van der Waals surface area contributed by atoms with Gasteiger partial charge in [-0.1, -0.05) is 48.2 Å². The molecule has 142 valence electrons. The molecule has 8 heteroatoms. The number of aromatic nitrogens is 2. The lowest BCUT2D eigenvalue weighted by Gasteiger charge is -2.24. The van der Waals surface area contributed by atoms with E-state index in [-0.39, 0.29) is 35.2 Å². The summed E-state index contributed by atoms with van der Waals surface area (Å²) in [5, 5.41) is 22.4. The van der Waals surface area contributed by atoms with Gasteiger partial charge in [0.2, 0.25) is 5.91 Å². The predicted molar refractivity (Wildman–Crippen MR) is 106 cm³/mol. The molecule has 1 atom stereocenters. The predicted octanol–water partition coefficient (Wildman–Crippen LogP) is 2.95. The Labute approximate surface area is 164 Å². The summed E-state index contributed by atoms with van der Waals surface area (Å²) in [5.74, 6) is -0.519. The van der Waals surface area contributed by atoms with Crippen LogP contribution in [-0.4, -0.2) is 26.1 Å². The Morgan fingerprint density at radius 3 is 2.61 bits per heavy atom. The molecule has 0 radical (unpaired) electrons. The lowest BCUT2D eigenvalue weighted by molar-refractivity contribution is -0.116. The highest BCUT2D eigenvalue weighted by molar-refractivity contribution is 7.98. The van der Waals surface area contributed by atoms with Gasteiger partial charge in [-0.2, -0.15) is 0 Å². The first-order valence-electron chi connectivity index (χ1n) is 8.64. The van der Waals surface area contributed by atoms with Gasteiger partial charge in [-0.05, 0) is 23.3 Å². The maximum atomic E-state index is 12.8. The van der Waals surface area contributed by atoms with E-state index >= 15 is 0 Å². The number of aromatic amines is 1. The molecule has 7 nitrogen and oxygen atoms in total. The third-order valence-electron chi connectivity index (χ3n) is 4.55. The summed E-state index contributed by atoms with van der Waals surface area (Å²) in [4.78, 5) is 32.1. The van der Waals surface area contributed by atoms with E-state index in [1.807, 2.05) is 30.3 Å². The molecule has 28 heavy (non-hydrogen) atoms. The molecule has 1 aliphatic heterocycles. The molecule has 0 bridgehead atoms. The van der Waals surface area contributed by atoms with Gasteiger partial charge in [-0.25, -0.2) is 4.98 Å². The van der Waals surface area contributed by atoms with Crippen LogP contribution in [0.3, 0.4) is 0 Å². The zero-order chi connectivity index (χ0) is 19.7. The number of anilines is 1. The summed E-state index contributed by atoms with van der Waals surface area (Å²) in [6, 6.07) is 14.1. The Kier molecular flexibility index (Phi) is 4.79. The van der Waals surface area contributed by atoms with E-state index in [0.717, 1.165) is 5.56 Å². The van der Waals surface area contributed by atoms with Crippen molar-refractivity contribution in [1.82, 2.24) is 9.97 Å².